The van der Waals surface area contributed by atoms with Crippen LogP contribution in [0.4, 0.5) is 20.4 Å². The summed E-state index contributed by atoms with van der Waals surface area (Å²) in [7, 11) is 0. The molecule has 0 saturated carbocycles. The summed E-state index contributed by atoms with van der Waals surface area (Å²) < 4.78 is 25.8. The molecule has 1 aliphatic rings. The summed E-state index contributed by atoms with van der Waals surface area (Å²) in [6.45, 7) is 0.315. The molecule has 0 atom stereocenters. The number of alkyl halides is 2. The minimum atomic E-state index is -2.63. The van der Waals surface area contributed by atoms with Crippen LogP contribution in [0.5, 0.6) is 0 Å². The van der Waals surface area contributed by atoms with Gasteiger partial charge in [0.25, 0.3) is 5.92 Å². The van der Waals surface area contributed by atoms with Gasteiger partial charge < -0.3 is 4.90 Å². The second-order valence-corrected chi connectivity index (χ2v) is 3.84. The van der Waals surface area contributed by atoms with Crippen LogP contribution in [-0.4, -0.2) is 33.9 Å². The van der Waals surface area contributed by atoms with Gasteiger partial charge in [0.05, 0.1) is 4.92 Å². The lowest BCUT2D eigenvalue weighted by Crippen LogP contribution is -2.40. The van der Waals surface area contributed by atoms with Gasteiger partial charge in [-0.2, -0.15) is 0 Å². The first-order chi connectivity index (χ1) is 7.98. The molecule has 2 rings (SSSR count). The maximum Gasteiger partial charge on any atom is 0.305 e. The topological polar surface area (TPSA) is 72.2 Å². The summed E-state index contributed by atoms with van der Waals surface area (Å²) in [5.74, 6) is -2.37. The van der Waals surface area contributed by atoms with Crippen molar-refractivity contribution < 1.29 is 13.7 Å². The fourth-order valence-electron chi connectivity index (χ4n) is 1.61. The third-order valence-electron chi connectivity index (χ3n) is 2.61. The minimum Gasteiger partial charge on any atom is -0.340 e. The number of hydrogen-bond acceptors (Lipinski definition) is 5. The van der Waals surface area contributed by atoms with Crippen LogP contribution in [0.25, 0.3) is 0 Å². The Balaban J connectivity index is 2.06. The quantitative estimate of drug-likeness (QED) is 0.584. The smallest absolute Gasteiger partial charge is 0.305 e. The summed E-state index contributed by atoms with van der Waals surface area (Å²) in [6, 6.07) is 0. The van der Waals surface area contributed by atoms with Crippen LogP contribution in [0.2, 0.25) is 0 Å². The molecule has 0 unspecified atom stereocenters. The van der Waals surface area contributed by atoms with Gasteiger partial charge >= 0.3 is 5.69 Å². The van der Waals surface area contributed by atoms with Gasteiger partial charge in [0.15, 0.2) is 0 Å². The van der Waals surface area contributed by atoms with E-state index in [4.69, 9.17) is 0 Å². The molecule has 1 aromatic rings. The molecule has 1 saturated heterocycles. The monoisotopic (exact) mass is 244 g/mol. The summed E-state index contributed by atoms with van der Waals surface area (Å²) in [6.07, 6.45) is 1.67. The van der Waals surface area contributed by atoms with E-state index in [0.717, 1.165) is 12.4 Å². The second kappa shape index (κ2) is 4.19. The maximum atomic E-state index is 12.9. The number of piperidine rings is 1. The highest BCUT2D eigenvalue weighted by Crippen LogP contribution is 2.29. The molecule has 8 heteroatoms. The summed E-state index contributed by atoms with van der Waals surface area (Å²) in [5.41, 5.74) is -0.212. The average molecular weight is 244 g/mol. The van der Waals surface area contributed by atoms with Crippen molar-refractivity contribution in [1.82, 2.24) is 9.97 Å². The molecule has 0 spiro atoms. The zero-order valence-corrected chi connectivity index (χ0v) is 8.84. The Morgan fingerprint density at radius 1 is 1.29 bits per heavy atom. The van der Waals surface area contributed by atoms with Gasteiger partial charge in [-0.05, 0) is 0 Å². The van der Waals surface area contributed by atoms with E-state index in [1.807, 2.05) is 0 Å². The molecule has 2 heterocycles. The molecular formula is C9H10F2N4O2. The van der Waals surface area contributed by atoms with E-state index in [1.165, 1.54) is 0 Å². The van der Waals surface area contributed by atoms with E-state index in [9.17, 15) is 18.9 Å². The van der Waals surface area contributed by atoms with Crippen molar-refractivity contribution in [2.75, 3.05) is 18.0 Å². The summed E-state index contributed by atoms with van der Waals surface area (Å²) >= 11 is 0. The Morgan fingerprint density at radius 3 is 2.29 bits per heavy atom. The van der Waals surface area contributed by atoms with Crippen LogP contribution in [0.1, 0.15) is 12.8 Å². The van der Waals surface area contributed by atoms with E-state index in [1.54, 1.807) is 4.90 Å². The van der Waals surface area contributed by atoms with Crippen molar-refractivity contribution in [3.63, 3.8) is 0 Å². The van der Waals surface area contributed by atoms with Crippen LogP contribution in [0.15, 0.2) is 12.4 Å². The van der Waals surface area contributed by atoms with Gasteiger partial charge in [0.2, 0.25) is 5.95 Å². The first kappa shape index (κ1) is 11.6. The molecule has 17 heavy (non-hydrogen) atoms. The van der Waals surface area contributed by atoms with E-state index in [-0.39, 0.29) is 37.6 Å². The zero-order chi connectivity index (χ0) is 12.5. The fraction of sp³-hybridized carbons (Fsp3) is 0.556. The summed E-state index contributed by atoms with van der Waals surface area (Å²) in [5, 5.41) is 10.4. The molecule has 1 fully saturated rings. The lowest BCUT2D eigenvalue weighted by atomic mass is 10.1. The Bertz CT molecular complexity index is 414. The lowest BCUT2D eigenvalue weighted by Gasteiger charge is -2.31. The predicted molar refractivity (Wildman–Crippen MR) is 55.1 cm³/mol. The van der Waals surface area contributed by atoms with Gasteiger partial charge in [0, 0.05) is 25.9 Å². The number of nitrogens with zero attached hydrogens (tertiary/aromatic N) is 4. The highest BCUT2D eigenvalue weighted by atomic mass is 19.3. The molecule has 0 bridgehead atoms. The largest absolute Gasteiger partial charge is 0.340 e. The van der Waals surface area contributed by atoms with E-state index >= 15 is 0 Å². The third kappa shape index (κ3) is 2.63. The fourth-order valence-corrected chi connectivity index (χ4v) is 1.61. The number of halogens is 2. The van der Waals surface area contributed by atoms with Crippen molar-refractivity contribution in [3.05, 3.63) is 22.5 Å². The first-order valence-electron chi connectivity index (χ1n) is 5.07. The van der Waals surface area contributed by atoms with Gasteiger partial charge in [-0.1, -0.05) is 0 Å². The SMILES string of the molecule is O=[N+]([O-])c1cnc(N2CCC(F)(F)CC2)nc1. The number of rotatable bonds is 2. The standard InChI is InChI=1S/C9H10F2N4O2/c10-9(11)1-3-14(4-2-9)8-12-5-7(6-13-8)15(16)17/h5-6H,1-4H2. The van der Waals surface area contributed by atoms with Crippen LogP contribution in [0, 0.1) is 10.1 Å². The van der Waals surface area contributed by atoms with Gasteiger partial charge in [-0.3, -0.25) is 10.1 Å². The zero-order valence-electron chi connectivity index (χ0n) is 8.84. The molecule has 1 aromatic heterocycles. The van der Waals surface area contributed by atoms with Crippen molar-refractivity contribution in [2.45, 2.75) is 18.8 Å². The van der Waals surface area contributed by atoms with Crippen molar-refractivity contribution in [2.24, 2.45) is 0 Å². The number of aromatic nitrogens is 2. The molecular weight excluding hydrogens is 234 g/mol. The maximum absolute atomic E-state index is 12.9. The van der Waals surface area contributed by atoms with E-state index < -0.39 is 10.8 Å². The van der Waals surface area contributed by atoms with Gasteiger partial charge in [0.1, 0.15) is 12.4 Å². The lowest BCUT2D eigenvalue weighted by molar-refractivity contribution is -0.385. The van der Waals surface area contributed by atoms with E-state index in [0.29, 0.717) is 0 Å². The van der Waals surface area contributed by atoms with E-state index in [2.05, 4.69) is 9.97 Å². The predicted octanol–water partition coefficient (Wildman–Crippen LogP) is 1.62. The molecule has 0 aromatic carbocycles. The van der Waals surface area contributed by atoms with Crippen molar-refractivity contribution >= 4 is 11.6 Å². The van der Waals surface area contributed by atoms with Gasteiger partial charge in [-0.15, -0.1) is 0 Å². The molecule has 1 aliphatic heterocycles. The molecule has 0 radical (unpaired) electrons. The molecule has 92 valence electrons. The third-order valence-corrected chi connectivity index (χ3v) is 2.61. The normalized spacial score (nSPS) is 19.1. The Labute approximate surface area is 95.4 Å². The van der Waals surface area contributed by atoms with Crippen LogP contribution in [0.3, 0.4) is 0 Å². The summed E-state index contributed by atoms with van der Waals surface area (Å²) in [4.78, 5) is 19.0. The number of nitro groups is 1. The Kier molecular flexibility index (Phi) is 2.86. The average Bonchev–Trinajstić information content (AvgIpc) is 2.29. The van der Waals surface area contributed by atoms with Crippen molar-refractivity contribution in [1.29, 1.82) is 0 Å². The Hall–Kier alpha value is -1.86. The van der Waals surface area contributed by atoms with Crippen LogP contribution < -0.4 is 4.90 Å². The molecule has 6 nitrogen and oxygen atoms in total. The highest BCUT2D eigenvalue weighted by Gasteiger charge is 2.34. The van der Waals surface area contributed by atoms with Gasteiger partial charge in [-0.25, -0.2) is 18.7 Å². The highest BCUT2D eigenvalue weighted by molar-refractivity contribution is 5.34. The first-order valence-corrected chi connectivity index (χ1v) is 5.07. The van der Waals surface area contributed by atoms with Crippen molar-refractivity contribution in [3.8, 4) is 0 Å². The molecule has 0 amide bonds. The van der Waals surface area contributed by atoms with Crippen LogP contribution in [-0.2, 0) is 0 Å². The molecule has 0 N–H and O–H groups in total. The second-order valence-electron chi connectivity index (χ2n) is 3.84. The number of hydrogen-bond donors (Lipinski definition) is 0. The molecule has 0 aliphatic carbocycles. The van der Waals surface area contributed by atoms with Crippen LogP contribution >= 0.6 is 0 Å². The Morgan fingerprint density at radius 2 is 1.82 bits per heavy atom. The number of anilines is 1. The minimum absolute atomic E-state index is 0.158.